The summed E-state index contributed by atoms with van der Waals surface area (Å²) in [6.07, 6.45) is 1.81. The van der Waals surface area contributed by atoms with Gasteiger partial charge in [-0.1, -0.05) is 19.6 Å². The lowest BCUT2D eigenvalue weighted by molar-refractivity contribution is 0.174. The molecule has 0 aliphatic heterocycles. The van der Waals surface area contributed by atoms with E-state index in [1.54, 1.807) is 7.11 Å². The highest BCUT2D eigenvalue weighted by molar-refractivity contribution is 5.86. The van der Waals surface area contributed by atoms with Gasteiger partial charge in [0, 0.05) is 5.56 Å². The van der Waals surface area contributed by atoms with Crippen LogP contribution in [0.2, 0.25) is 0 Å². The SMILES string of the molecule is C=CCOC(=O)Nc1cc(CC)c(-c2ccc(OC)cc2C)nc1C. The molecule has 0 saturated heterocycles. The first-order valence-corrected chi connectivity index (χ1v) is 8.20. The molecular weight excluding hydrogens is 316 g/mol. The molecule has 0 saturated carbocycles. The van der Waals surface area contributed by atoms with Crippen molar-refractivity contribution in [3.8, 4) is 17.0 Å². The third-order valence-electron chi connectivity index (χ3n) is 3.93. The van der Waals surface area contributed by atoms with Gasteiger partial charge in [-0.3, -0.25) is 10.3 Å². The van der Waals surface area contributed by atoms with E-state index in [1.165, 1.54) is 6.08 Å². The number of aromatic nitrogens is 1. The van der Waals surface area contributed by atoms with E-state index in [9.17, 15) is 4.79 Å². The Morgan fingerprint density at radius 1 is 1.32 bits per heavy atom. The zero-order valence-electron chi connectivity index (χ0n) is 15.2. The van der Waals surface area contributed by atoms with E-state index in [2.05, 4.69) is 18.8 Å². The molecule has 0 radical (unpaired) electrons. The van der Waals surface area contributed by atoms with Crippen molar-refractivity contribution in [3.05, 3.63) is 53.7 Å². The van der Waals surface area contributed by atoms with E-state index in [0.29, 0.717) is 5.69 Å². The normalized spacial score (nSPS) is 10.2. The van der Waals surface area contributed by atoms with Crippen LogP contribution in [0.15, 0.2) is 36.9 Å². The predicted octanol–water partition coefficient (Wildman–Crippen LogP) is 4.67. The average Bonchev–Trinajstić information content (AvgIpc) is 2.61. The van der Waals surface area contributed by atoms with Gasteiger partial charge in [0.15, 0.2) is 0 Å². The molecule has 0 unspecified atom stereocenters. The maximum absolute atomic E-state index is 11.8. The fourth-order valence-corrected chi connectivity index (χ4v) is 2.59. The van der Waals surface area contributed by atoms with Gasteiger partial charge in [0.1, 0.15) is 12.4 Å². The number of carbonyl (C=O) groups excluding carboxylic acids is 1. The molecule has 1 heterocycles. The minimum absolute atomic E-state index is 0.169. The van der Waals surface area contributed by atoms with Crippen molar-refractivity contribution in [3.63, 3.8) is 0 Å². The highest BCUT2D eigenvalue weighted by Gasteiger charge is 2.14. The number of methoxy groups -OCH3 is 1. The largest absolute Gasteiger partial charge is 0.497 e. The van der Waals surface area contributed by atoms with Crippen LogP contribution in [0.1, 0.15) is 23.7 Å². The fraction of sp³-hybridized carbons (Fsp3) is 0.300. The number of carbonyl (C=O) groups is 1. The van der Waals surface area contributed by atoms with E-state index < -0.39 is 6.09 Å². The molecule has 132 valence electrons. The number of benzene rings is 1. The Hall–Kier alpha value is -2.82. The second kappa shape index (κ2) is 8.33. The lowest BCUT2D eigenvalue weighted by atomic mass is 9.98. The van der Waals surface area contributed by atoms with Crippen LogP contribution < -0.4 is 10.1 Å². The number of hydrogen-bond donors (Lipinski definition) is 1. The molecule has 2 aromatic rings. The van der Waals surface area contributed by atoms with Crippen molar-refractivity contribution >= 4 is 11.8 Å². The minimum atomic E-state index is -0.514. The zero-order chi connectivity index (χ0) is 18.4. The van der Waals surface area contributed by atoms with Crippen LogP contribution >= 0.6 is 0 Å². The molecular formula is C20H24N2O3. The Kier molecular flexibility index (Phi) is 6.17. The highest BCUT2D eigenvalue weighted by atomic mass is 16.5. The monoisotopic (exact) mass is 340 g/mol. The predicted molar refractivity (Wildman–Crippen MR) is 100 cm³/mol. The summed E-state index contributed by atoms with van der Waals surface area (Å²) in [5, 5.41) is 2.74. The average molecular weight is 340 g/mol. The molecule has 1 N–H and O–H groups in total. The first-order chi connectivity index (χ1) is 12.0. The lowest BCUT2D eigenvalue weighted by Gasteiger charge is -2.15. The summed E-state index contributed by atoms with van der Waals surface area (Å²) in [6.45, 7) is 9.66. The van der Waals surface area contributed by atoms with E-state index in [4.69, 9.17) is 14.5 Å². The van der Waals surface area contributed by atoms with Gasteiger partial charge in [0.25, 0.3) is 0 Å². The number of amides is 1. The number of nitrogens with zero attached hydrogens (tertiary/aromatic N) is 1. The van der Waals surface area contributed by atoms with E-state index in [-0.39, 0.29) is 6.61 Å². The summed E-state index contributed by atoms with van der Waals surface area (Å²) >= 11 is 0. The first-order valence-electron chi connectivity index (χ1n) is 8.20. The summed E-state index contributed by atoms with van der Waals surface area (Å²) < 4.78 is 10.2. The molecule has 0 spiro atoms. The van der Waals surface area contributed by atoms with Crippen molar-refractivity contribution in [2.75, 3.05) is 19.0 Å². The maximum atomic E-state index is 11.8. The Morgan fingerprint density at radius 3 is 2.68 bits per heavy atom. The second-order valence-corrected chi connectivity index (χ2v) is 5.68. The summed E-state index contributed by atoms with van der Waals surface area (Å²) in [5.74, 6) is 0.819. The molecule has 0 atom stereocenters. The summed E-state index contributed by atoms with van der Waals surface area (Å²) in [7, 11) is 1.65. The summed E-state index contributed by atoms with van der Waals surface area (Å²) in [6, 6.07) is 7.89. The molecule has 0 aliphatic rings. The van der Waals surface area contributed by atoms with Crippen molar-refractivity contribution in [2.24, 2.45) is 0 Å². The fourth-order valence-electron chi connectivity index (χ4n) is 2.59. The van der Waals surface area contributed by atoms with Gasteiger partial charge >= 0.3 is 6.09 Å². The molecule has 1 aromatic heterocycles. The third kappa shape index (κ3) is 4.38. The molecule has 5 nitrogen and oxygen atoms in total. The van der Waals surface area contributed by atoms with Gasteiger partial charge < -0.3 is 9.47 Å². The topological polar surface area (TPSA) is 60.5 Å². The Bertz CT molecular complexity index is 785. The van der Waals surface area contributed by atoms with Gasteiger partial charge in [-0.2, -0.15) is 0 Å². The van der Waals surface area contributed by atoms with E-state index >= 15 is 0 Å². The lowest BCUT2D eigenvalue weighted by Crippen LogP contribution is -2.15. The van der Waals surface area contributed by atoms with Gasteiger partial charge in [0.05, 0.1) is 24.2 Å². The number of nitrogens with one attached hydrogen (secondary N) is 1. The van der Waals surface area contributed by atoms with Crippen LogP contribution in [0.4, 0.5) is 10.5 Å². The number of rotatable bonds is 6. The number of aryl methyl sites for hydroxylation is 3. The molecule has 25 heavy (non-hydrogen) atoms. The number of hydrogen-bond acceptors (Lipinski definition) is 4. The third-order valence-corrected chi connectivity index (χ3v) is 3.93. The molecule has 1 aromatic carbocycles. The Morgan fingerprint density at radius 2 is 2.08 bits per heavy atom. The second-order valence-electron chi connectivity index (χ2n) is 5.68. The highest BCUT2D eigenvalue weighted by Crippen LogP contribution is 2.31. The van der Waals surface area contributed by atoms with Gasteiger partial charge in [0.2, 0.25) is 0 Å². The summed E-state index contributed by atoms with van der Waals surface area (Å²) in [5.41, 5.74) is 5.51. The van der Waals surface area contributed by atoms with Crippen molar-refractivity contribution in [1.29, 1.82) is 0 Å². The summed E-state index contributed by atoms with van der Waals surface area (Å²) in [4.78, 5) is 16.5. The van der Waals surface area contributed by atoms with Crippen LogP contribution in [0.5, 0.6) is 5.75 Å². The first kappa shape index (κ1) is 18.5. The van der Waals surface area contributed by atoms with Gasteiger partial charge in [-0.05, 0) is 55.7 Å². The van der Waals surface area contributed by atoms with Crippen LogP contribution in [0.25, 0.3) is 11.3 Å². The molecule has 0 bridgehead atoms. The van der Waals surface area contributed by atoms with Crippen molar-refractivity contribution in [2.45, 2.75) is 27.2 Å². The van der Waals surface area contributed by atoms with E-state index in [1.807, 2.05) is 38.1 Å². The van der Waals surface area contributed by atoms with Crippen molar-refractivity contribution < 1.29 is 14.3 Å². The molecule has 1 amide bonds. The van der Waals surface area contributed by atoms with Gasteiger partial charge in [-0.25, -0.2) is 4.79 Å². The van der Waals surface area contributed by atoms with Crippen LogP contribution in [0, 0.1) is 13.8 Å². The molecule has 2 rings (SSSR count). The van der Waals surface area contributed by atoms with Crippen LogP contribution in [0.3, 0.4) is 0 Å². The van der Waals surface area contributed by atoms with Gasteiger partial charge in [-0.15, -0.1) is 0 Å². The number of pyridine rings is 1. The standard InChI is InChI=1S/C20H24N2O3/c1-6-10-25-20(23)22-18-12-15(7-2)19(21-14(18)4)17-9-8-16(24-5)11-13(17)3/h6,8-9,11-12H,1,7,10H2,2-5H3,(H,22,23). The zero-order valence-corrected chi connectivity index (χ0v) is 15.2. The number of ether oxygens (including phenoxy) is 2. The molecule has 5 heteroatoms. The Labute approximate surface area is 148 Å². The van der Waals surface area contributed by atoms with Crippen LogP contribution in [-0.4, -0.2) is 24.8 Å². The number of anilines is 1. The maximum Gasteiger partial charge on any atom is 0.411 e. The minimum Gasteiger partial charge on any atom is -0.497 e. The molecule has 0 fully saturated rings. The smallest absolute Gasteiger partial charge is 0.411 e. The quantitative estimate of drug-likeness (QED) is 0.776. The van der Waals surface area contributed by atoms with E-state index in [0.717, 1.165) is 40.2 Å². The molecule has 0 aliphatic carbocycles. The van der Waals surface area contributed by atoms with Crippen LogP contribution in [-0.2, 0) is 11.2 Å². The Balaban J connectivity index is 2.39. The van der Waals surface area contributed by atoms with Crippen molar-refractivity contribution in [1.82, 2.24) is 4.98 Å².